The first-order valence-electron chi connectivity index (χ1n) is 6.09. The summed E-state index contributed by atoms with van der Waals surface area (Å²) in [6.07, 6.45) is 5.47. The van der Waals surface area contributed by atoms with Gasteiger partial charge in [-0.25, -0.2) is 13.1 Å². The fourth-order valence-corrected chi connectivity index (χ4v) is 3.29. The van der Waals surface area contributed by atoms with E-state index in [1.807, 2.05) is 0 Å². The van der Waals surface area contributed by atoms with Crippen LogP contribution in [0, 0.1) is 5.92 Å². The van der Waals surface area contributed by atoms with E-state index < -0.39 is 15.3 Å². The van der Waals surface area contributed by atoms with E-state index in [9.17, 15) is 8.42 Å². The second-order valence-electron chi connectivity index (χ2n) is 4.88. The summed E-state index contributed by atoms with van der Waals surface area (Å²) in [4.78, 5) is 0. The van der Waals surface area contributed by atoms with Crippen molar-refractivity contribution in [3.8, 4) is 0 Å². The monoisotopic (exact) mass is 249 g/mol. The molecule has 0 aromatic heterocycles. The van der Waals surface area contributed by atoms with Gasteiger partial charge < -0.3 is 5.11 Å². The van der Waals surface area contributed by atoms with Crippen molar-refractivity contribution in [3.05, 3.63) is 0 Å². The lowest BCUT2D eigenvalue weighted by atomic mass is 9.98. The molecule has 5 heteroatoms. The van der Waals surface area contributed by atoms with Gasteiger partial charge in [-0.1, -0.05) is 26.2 Å². The highest BCUT2D eigenvalue weighted by atomic mass is 32.2. The summed E-state index contributed by atoms with van der Waals surface area (Å²) in [6, 6.07) is 0.0431. The van der Waals surface area contributed by atoms with Gasteiger partial charge in [0.05, 0.1) is 11.9 Å². The van der Waals surface area contributed by atoms with Gasteiger partial charge in [-0.05, 0) is 25.7 Å². The van der Waals surface area contributed by atoms with Crippen LogP contribution in [0.4, 0.5) is 0 Å². The Hall–Kier alpha value is -0.130. The maximum Gasteiger partial charge on any atom is 0.216 e. The summed E-state index contributed by atoms with van der Waals surface area (Å²) >= 11 is 0. The molecule has 1 aliphatic rings. The SMILES string of the molecule is CC1CCCCCC1NS(=O)(=O)C(C)CO. The molecule has 1 aliphatic carbocycles. The zero-order valence-electron chi connectivity index (χ0n) is 10.1. The Kier molecular flexibility index (Phi) is 5.21. The number of hydrogen-bond acceptors (Lipinski definition) is 3. The average Bonchev–Trinajstić information content (AvgIpc) is 2.43. The first kappa shape index (κ1) is 13.9. The van der Waals surface area contributed by atoms with Crippen molar-refractivity contribution in [3.63, 3.8) is 0 Å². The normalized spacial score (nSPS) is 29.7. The van der Waals surface area contributed by atoms with E-state index in [1.165, 1.54) is 19.8 Å². The molecular weight excluding hydrogens is 226 g/mol. The van der Waals surface area contributed by atoms with Gasteiger partial charge in [-0.2, -0.15) is 0 Å². The van der Waals surface area contributed by atoms with Crippen molar-refractivity contribution in [1.29, 1.82) is 0 Å². The first-order chi connectivity index (χ1) is 7.47. The Bertz CT molecular complexity index is 302. The Morgan fingerprint density at radius 1 is 1.31 bits per heavy atom. The van der Waals surface area contributed by atoms with Gasteiger partial charge in [0.15, 0.2) is 0 Å². The van der Waals surface area contributed by atoms with Crippen molar-refractivity contribution < 1.29 is 13.5 Å². The van der Waals surface area contributed by atoms with E-state index in [0.717, 1.165) is 19.3 Å². The van der Waals surface area contributed by atoms with Crippen molar-refractivity contribution in [2.75, 3.05) is 6.61 Å². The molecule has 0 heterocycles. The number of nitrogens with one attached hydrogen (secondary N) is 1. The lowest BCUT2D eigenvalue weighted by molar-refractivity contribution is 0.293. The molecule has 1 saturated carbocycles. The van der Waals surface area contributed by atoms with Crippen molar-refractivity contribution in [2.45, 2.75) is 57.2 Å². The molecule has 0 radical (unpaired) electrons. The number of hydrogen-bond donors (Lipinski definition) is 2. The summed E-state index contributed by atoms with van der Waals surface area (Å²) in [6.45, 7) is 3.31. The van der Waals surface area contributed by atoms with E-state index in [4.69, 9.17) is 5.11 Å². The minimum absolute atomic E-state index is 0.0431. The van der Waals surface area contributed by atoms with Crippen molar-refractivity contribution in [2.24, 2.45) is 5.92 Å². The second-order valence-corrected chi connectivity index (χ2v) is 7.01. The van der Waals surface area contributed by atoms with Gasteiger partial charge in [0.2, 0.25) is 10.0 Å². The molecule has 0 saturated heterocycles. The highest BCUT2D eigenvalue weighted by Gasteiger charge is 2.27. The van der Waals surface area contributed by atoms with Gasteiger partial charge in [0.1, 0.15) is 0 Å². The maximum absolute atomic E-state index is 11.8. The summed E-state index contributed by atoms with van der Waals surface area (Å²) in [5.41, 5.74) is 0. The second kappa shape index (κ2) is 5.98. The molecule has 0 amide bonds. The largest absolute Gasteiger partial charge is 0.395 e. The lowest BCUT2D eigenvalue weighted by Gasteiger charge is -2.24. The van der Waals surface area contributed by atoms with Crippen LogP contribution in [-0.4, -0.2) is 31.4 Å². The molecule has 1 fully saturated rings. The van der Waals surface area contributed by atoms with Crippen LogP contribution in [0.3, 0.4) is 0 Å². The summed E-state index contributed by atoms with van der Waals surface area (Å²) in [5, 5.41) is 8.18. The molecule has 96 valence electrons. The predicted octanol–water partition coefficient (Wildman–Crippen LogP) is 1.26. The number of aliphatic hydroxyl groups excluding tert-OH is 1. The Morgan fingerprint density at radius 2 is 1.94 bits per heavy atom. The standard InChI is InChI=1S/C11H23NO3S/c1-9-6-4-3-5-7-11(9)12-16(14,15)10(2)8-13/h9-13H,3-8H2,1-2H3. The zero-order valence-corrected chi connectivity index (χ0v) is 11.0. The van der Waals surface area contributed by atoms with Gasteiger partial charge in [0, 0.05) is 6.04 Å². The Morgan fingerprint density at radius 3 is 2.56 bits per heavy atom. The maximum atomic E-state index is 11.8. The fraction of sp³-hybridized carbons (Fsp3) is 1.00. The molecular formula is C11H23NO3S. The first-order valence-corrected chi connectivity index (χ1v) is 7.64. The molecule has 0 bridgehead atoms. The van der Waals surface area contributed by atoms with Gasteiger partial charge >= 0.3 is 0 Å². The summed E-state index contributed by atoms with van der Waals surface area (Å²) < 4.78 is 26.4. The Balaban J connectivity index is 2.64. The van der Waals surface area contributed by atoms with Crippen LogP contribution in [0.5, 0.6) is 0 Å². The van der Waals surface area contributed by atoms with E-state index in [0.29, 0.717) is 5.92 Å². The van der Waals surface area contributed by atoms with E-state index in [-0.39, 0.29) is 12.6 Å². The molecule has 0 aromatic carbocycles. The van der Waals surface area contributed by atoms with Gasteiger partial charge in [0.25, 0.3) is 0 Å². The summed E-state index contributed by atoms with van der Waals surface area (Å²) in [5.74, 6) is 0.392. The summed E-state index contributed by atoms with van der Waals surface area (Å²) in [7, 11) is -3.36. The molecule has 0 aliphatic heterocycles. The molecule has 0 aromatic rings. The number of sulfonamides is 1. The molecule has 16 heavy (non-hydrogen) atoms. The Labute approximate surface area is 98.5 Å². The molecule has 2 N–H and O–H groups in total. The van der Waals surface area contributed by atoms with E-state index in [1.54, 1.807) is 0 Å². The predicted molar refractivity (Wildman–Crippen MR) is 64.6 cm³/mol. The number of aliphatic hydroxyl groups is 1. The van der Waals surface area contributed by atoms with Crippen LogP contribution in [0.2, 0.25) is 0 Å². The van der Waals surface area contributed by atoms with Crippen molar-refractivity contribution in [1.82, 2.24) is 4.72 Å². The van der Waals surface area contributed by atoms with Crippen LogP contribution < -0.4 is 4.72 Å². The highest BCUT2D eigenvalue weighted by molar-refractivity contribution is 7.90. The fourth-order valence-electron chi connectivity index (χ4n) is 2.09. The minimum atomic E-state index is -3.36. The van der Waals surface area contributed by atoms with Crippen LogP contribution >= 0.6 is 0 Å². The van der Waals surface area contributed by atoms with Crippen LogP contribution in [0.15, 0.2) is 0 Å². The quantitative estimate of drug-likeness (QED) is 0.737. The van der Waals surface area contributed by atoms with E-state index >= 15 is 0 Å². The zero-order chi connectivity index (χ0) is 12.2. The third-order valence-electron chi connectivity index (χ3n) is 3.46. The molecule has 3 unspecified atom stereocenters. The van der Waals surface area contributed by atoms with Crippen LogP contribution in [0.25, 0.3) is 0 Å². The van der Waals surface area contributed by atoms with Crippen LogP contribution in [-0.2, 0) is 10.0 Å². The minimum Gasteiger partial charge on any atom is -0.395 e. The molecule has 1 rings (SSSR count). The van der Waals surface area contributed by atoms with Gasteiger partial charge in [-0.3, -0.25) is 0 Å². The molecule has 3 atom stereocenters. The smallest absolute Gasteiger partial charge is 0.216 e. The lowest BCUT2D eigenvalue weighted by Crippen LogP contribution is -2.43. The topological polar surface area (TPSA) is 66.4 Å². The highest BCUT2D eigenvalue weighted by Crippen LogP contribution is 2.23. The van der Waals surface area contributed by atoms with E-state index in [2.05, 4.69) is 11.6 Å². The number of rotatable bonds is 4. The average molecular weight is 249 g/mol. The van der Waals surface area contributed by atoms with Crippen molar-refractivity contribution >= 4 is 10.0 Å². The molecule has 4 nitrogen and oxygen atoms in total. The molecule has 0 spiro atoms. The third-order valence-corrected chi connectivity index (χ3v) is 5.30. The third kappa shape index (κ3) is 3.71. The van der Waals surface area contributed by atoms with Gasteiger partial charge in [-0.15, -0.1) is 0 Å². The van der Waals surface area contributed by atoms with Crippen LogP contribution in [0.1, 0.15) is 46.0 Å².